The summed E-state index contributed by atoms with van der Waals surface area (Å²) >= 11 is 0. The number of fused-ring (bicyclic) bond motifs is 1. The number of benzene rings is 1. The molecule has 0 atom stereocenters. The molecule has 4 heteroatoms. The predicted molar refractivity (Wildman–Crippen MR) is 59.3 cm³/mol. The van der Waals surface area contributed by atoms with E-state index < -0.39 is 0 Å². The van der Waals surface area contributed by atoms with Gasteiger partial charge in [0.1, 0.15) is 6.29 Å². The predicted octanol–water partition coefficient (Wildman–Crippen LogP) is 1.63. The highest BCUT2D eigenvalue weighted by Gasteiger charge is 2.07. The molecule has 0 aliphatic carbocycles. The van der Waals surface area contributed by atoms with Gasteiger partial charge < -0.3 is 14.1 Å². The number of aldehydes is 1. The molecule has 2 aromatic rings. The summed E-state index contributed by atoms with van der Waals surface area (Å²) in [5.74, 6) is -0.356. The molecule has 0 saturated carbocycles. The van der Waals surface area contributed by atoms with Crippen molar-refractivity contribution < 1.29 is 14.3 Å². The molecule has 0 radical (unpaired) electrons. The first-order chi connectivity index (χ1) is 7.76. The van der Waals surface area contributed by atoms with Crippen LogP contribution >= 0.6 is 0 Å². The van der Waals surface area contributed by atoms with Gasteiger partial charge in [-0.15, -0.1) is 0 Å². The Morgan fingerprint density at radius 3 is 2.94 bits per heavy atom. The Morgan fingerprint density at radius 2 is 2.25 bits per heavy atom. The fraction of sp³-hybridized carbons (Fsp3) is 0.167. The lowest BCUT2D eigenvalue weighted by Gasteiger charge is -2.01. The van der Waals surface area contributed by atoms with Crippen molar-refractivity contribution >= 4 is 23.2 Å². The maximum Gasteiger partial charge on any atom is 0.337 e. The highest BCUT2D eigenvalue weighted by molar-refractivity contribution is 5.94. The molecule has 0 spiro atoms. The SMILES string of the molecule is COC(=O)c1ccc2c(ccn2CC=O)c1. The van der Waals surface area contributed by atoms with Gasteiger partial charge in [0.25, 0.3) is 0 Å². The number of rotatable bonds is 3. The summed E-state index contributed by atoms with van der Waals surface area (Å²) in [6.45, 7) is 0.321. The van der Waals surface area contributed by atoms with Gasteiger partial charge in [-0.25, -0.2) is 4.79 Å². The molecule has 0 aliphatic heterocycles. The van der Waals surface area contributed by atoms with Gasteiger partial charge >= 0.3 is 5.97 Å². The Kier molecular flexibility index (Phi) is 2.72. The topological polar surface area (TPSA) is 48.3 Å². The number of methoxy groups -OCH3 is 1. The van der Waals surface area contributed by atoms with E-state index in [0.717, 1.165) is 17.2 Å². The Bertz CT molecular complexity index is 542. The van der Waals surface area contributed by atoms with Crippen LogP contribution < -0.4 is 0 Å². The second kappa shape index (κ2) is 4.18. The van der Waals surface area contributed by atoms with Crippen LogP contribution in [0, 0.1) is 0 Å². The van der Waals surface area contributed by atoms with Gasteiger partial charge in [0.15, 0.2) is 0 Å². The fourth-order valence-electron chi connectivity index (χ4n) is 1.68. The van der Waals surface area contributed by atoms with E-state index in [9.17, 15) is 9.59 Å². The zero-order chi connectivity index (χ0) is 11.5. The van der Waals surface area contributed by atoms with Gasteiger partial charge in [-0.2, -0.15) is 0 Å². The first kappa shape index (κ1) is 10.4. The van der Waals surface area contributed by atoms with Crippen LogP contribution in [0.5, 0.6) is 0 Å². The third-order valence-electron chi connectivity index (χ3n) is 2.46. The number of carbonyl (C=O) groups excluding carboxylic acids is 2. The lowest BCUT2D eigenvalue weighted by atomic mass is 10.1. The summed E-state index contributed by atoms with van der Waals surface area (Å²) in [6, 6.07) is 7.12. The number of esters is 1. The molecule has 1 heterocycles. The van der Waals surface area contributed by atoms with Gasteiger partial charge in [-0.1, -0.05) is 0 Å². The van der Waals surface area contributed by atoms with E-state index >= 15 is 0 Å². The second-order valence-electron chi connectivity index (χ2n) is 3.40. The van der Waals surface area contributed by atoms with Gasteiger partial charge in [0, 0.05) is 17.1 Å². The molecule has 0 N–H and O–H groups in total. The van der Waals surface area contributed by atoms with Crippen molar-refractivity contribution in [3.8, 4) is 0 Å². The quantitative estimate of drug-likeness (QED) is 0.580. The molecule has 1 aromatic heterocycles. The van der Waals surface area contributed by atoms with Gasteiger partial charge in [-0.05, 0) is 24.3 Å². The summed E-state index contributed by atoms with van der Waals surface area (Å²) in [5.41, 5.74) is 1.44. The molecule has 0 bridgehead atoms. The molecule has 0 unspecified atom stereocenters. The molecule has 4 nitrogen and oxygen atoms in total. The molecule has 0 fully saturated rings. The van der Waals surface area contributed by atoms with E-state index in [1.807, 2.05) is 22.9 Å². The average Bonchev–Trinajstić information content (AvgIpc) is 2.71. The standard InChI is InChI=1S/C12H11NO3/c1-16-12(15)10-2-3-11-9(8-10)4-5-13(11)6-7-14/h2-5,7-8H,6H2,1H3. The van der Waals surface area contributed by atoms with Crippen LogP contribution in [0.3, 0.4) is 0 Å². The Balaban J connectivity index is 2.48. The number of hydrogen-bond donors (Lipinski definition) is 0. The zero-order valence-electron chi connectivity index (χ0n) is 8.84. The fourth-order valence-corrected chi connectivity index (χ4v) is 1.68. The van der Waals surface area contributed by atoms with Crippen molar-refractivity contribution in [2.75, 3.05) is 7.11 Å². The van der Waals surface area contributed by atoms with Crippen molar-refractivity contribution in [1.29, 1.82) is 0 Å². The zero-order valence-corrected chi connectivity index (χ0v) is 8.84. The summed E-state index contributed by atoms with van der Waals surface area (Å²) in [7, 11) is 1.35. The first-order valence-electron chi connectivity index (χ1n) is 4.87. The van der Waals surface area contributed by atoms with Crippen molar-refractivity contribution in [3.05, 3.63) is 36.0 Å². The minimum absolute atomic E-state index is 0.321. The maximum atomic E-state index is 11.3. The summed E-state index contributed by atoms with van der Waals surface area (Å²) in [6.07, 6.45) is 2.66. The Labute approximate surface area is 92.4 Å². The van der Waals surface area contributed by atoms with Crippen LogP contribution in [0.2, 0.25) is 0 Å². The first-order valence-corrected chi connectivity index (χ1v) is 4.87. The summed E-state index contributed by atoms with van der Waals surface area (Å²) in [5, 5.41) is 0.921. The second-order valence-corrected chi connectivity index (χ2v) is 3.40. The molecule has 16 heavy (non-hydrogen) atoms. The van der Waals surface area contributed by atoms with E-state index in [1.54, 1.807) is 12.1 Å². The molecule has 0 saturated heterocycles. The molecular weight excluding hydrogens is 206 g/mol. The minimum Gasteiger partial charge on any atom is -0.465 e. The largest absolute Gasteiger partial charge is 0.465 e. The highest BCUT2D eigenvalue weighted by Crippen LogP contribution is 2.17. The Hall–Kier alpha value is -2.10. The lowest BCUT2D eigenvalue weighted by molar-refractivity contribution is -0.108. The summed E-state index contributed by atoms with van der Waals surface area (Å²) < 4.78 is 6.46. The molecule has 82 valence electrons. The molecule has 2 rings (SSSR count). The third-order valence-corrected chi connectivity index (χ3v) is 2.46. The van der Waals surface area contributed by atoms with E-state index in [1.165, 1.54) is 7.11 Å². The van der Waals surface area contributed by atoms with Crippen LogP contribution in [-0.2, 0) is 16.1 Å². The van der Waals surface area contributed by atoms with Crippen molar-refractivity contribution in [1.82, 2.24) is 4.57 Å². The smallest absolute Gasteiger partial charge is 0.337 e. The highest BCUT2D eigenvalue weighted by atomic mass is 16.5. The van der Waals surface area contributed by atoms with Gasteiger partial charge in [0.05, 0.1) is 19.2 Å². The minimum atomic E-state index is -0.356. The number of ether oxygens (including phenoxy) is 1. The number of aromatic nitrogens is 1. The van der Waals surface area contributed by atoms with Crippen LogP contribution in [0.1, 0.15) is 10.4 Å². The Morgan fingerprint density at radius 1 is 1.44 bits per heavy atom. The number of nitrogens with zero attached hydrogens (tertiary/aromatic N) is 1. The molecule has 0 amide bonds. The van der Waals surface area contributed by atoms with Crippen LogP contribution in [0.4, 0.5) is 0 Å². The molecule has 0 aliphatic rings. The van der Waals surface area contributed by atoms with Crippen LogP contribution in [0.15, 0.2) is 30.5 Å². The number of hydrogen-bond acceptors (Lipinski definition) is 3. The summed E-state index contributed by atoms with van der Waals surface area (Å²) in [4.78, 5) is 21.7. The lowest BCUT2D eigenvalue weighted by Crippen LogP contribution is -2.01. The van der Waals surface area contributed by atoms with Crippen molar-refractivity contribution in [2.45, 2.75) is 6.54 Å². The van der Waals surface area contributed by atoms with E-state index in [-0.39, 0.29) is 5.97 Å². The van der Waals surface area contributed by atoms with Gasteiger partial charge in [0.2, 0.25) is 0 Å². The number of carbonyl (C=O) groups is 2. The van der Waals surface area contributed by atoms with Crippen molar-refractivity contribution in [2.24, 2.45) is 0 Å². The average molecular weight is 217 g/mol. The molecular formula is C12H11NO3. The van der Waals surface area contributed by atoms with Crippen LogP contribution in [-0.4, -0.2) is 23.9 Å². The van der Waals surface area contributed by atoms with Gasteiger partial charge in [-0.3, -0.25) is 0 Å². The molecule has 1 aromatic carbocycles. The van der Waals surface area contributed by atoms with Crippen molar-refractivity contribution in [3.63, 3.8) is 0 Å². The maximum absolute atomic E-state index is 11.3. The third kappa shape index (κ3) is 1.69. The van der Waals surface area contributed by atoms with E-state index in [2.05, 4.69) is 4.74 Å². The monoisotopic (exact) mass is 217 g/mol. The van der Waals surface area contributed by atoms with Crippen LogP contribution in [0.25, 0.3) is 10.9 Å². The normalized spacial score (nSPS) is 10.3. The van der Waals surface area contributed by atoms with E-state index in [0.29, 0.717) is 12.1 Å². The van der Waals surface area contributed by atoms with E-state index in [4.69, 9.17) is 0 Å².